The van der Waals surface area contributed by atoms with E-state index in [1.165, 1.54) is 0 Å². The van der Waals surface area contributed by atoms with Crippen LogP contribution in [0.15, 0.2) is 70.5 Å². The first-order valence-electron chi connectivity index (χ1n) is 7.13. The molecule has 0 atom stereocenters. The molecule has 2 nitrogen and oxygen atoms in total. The number of nitrogens with zero attached hydrogens (tertiary/aromatic N) is 1. The van der Waals surface area contributed by atoms with E-state index in [4.69, 9.17) is 4.98 Å². The Kier molecular flexibility index (Phi) is 3.63. The third-order valence-corrected chi connectivity index (χ3v) is 5.45. The van der Waals surface area contributed by atoms with Crippen LogP contribution in [0.1, 0.15) is 0 Å². The highest BCUT2D eigenvalue weighted by Crippen LogP contribution is 2.35. The Morgan fingerprint density at radius 1 is 0.913 bits per heavy atom. The van der Waals surface area contributed by atoms with Crippen LogP contribution >= 0.6 is 27.3 Å². The predicted molar refractivity (Wildman–Crippen MR) is 98.3 cm³/mol. The van der Waals surface area contributed by atoms with E-state index in [0.29, 0.717) is 4.47 Å². The van der Waals surface area contributed by atoms with Crippen molar-refractivity contribution >= 4 is 38.0 Å². The molecule has 4 heteroatoms. The van der Waals surface area contributed by atoms with E-state index < -0.39 is 0 Å². The van der Waals surface area contributed by atoms with Crippen molar-refractivity contribution in [3.05, 3.63) is 70.5 Å². The largest absolute Gasteiger partial charge is 0.289 e. The third-order valence-electron chi connectivity index (χ3n) is 3.74. The van der Waals surface area contributed by atoms with Gasteiger partial charge in [0.1, 0.15) is 5.01 Å². The van der Waals surface area contributed by atoms with Gasteiger partial charge in [-0.15, -0.1) is 11.3 Å². The second-order valence-corrected chi connectivity index (χ2v) is 6.87. The summed E-state index contributed by atoms with van der Waals surface area (Å²) in [6.07, 6.45) is 0. The van der Waals surface area contributed by atoms with Crippen LogP contribution in [0.25, 0.3) is 32.6 Å². The molecule has 1 aromatic heterocycles. The molecule has 3 aromatic carbocycles. The van der Waals surface area contributed by atoms with Gasteiger partial charge in [-0.3, -0.25) is 5.11 Å². The van der Waals surface area contributed by atoms with E-state index in [9.17, 15) is 5.11 Å². The fourth-order valence-electron chi connectivity index (χ4n) is 2.55. The lowest BCUT2D eigenvalue weighted by molar-refractivity contribution is 0.353. The van der Waals surface area contributed by atoms with E-state index in [0.717, 1.165) is 32.6 Å². The van der Waals surface area contributed by atoms with Crippen LogP contribution in [0.5, 0.6) is 5.75 Å². The molecular weight excluding hydrogens is 370 g/mol. The minimum absolute atomic E-state index is 0.00488. The van der Waals surface area contributed by atoms with Crippen molar-refractivity contribution in [3.8, 4) is 27.6 Å². The van der Waals surface area contributed by atoms with Gasteiger partial charge < -0.3 is 0 Å². The topological polar surface area (TPSA) is 32.8 Å². The van der Waals surface area contributed by atoms with Gasteiger partial charge in [-0.05, 0) is 38.8 Å². The van der Waals surface area contributed by atoms with Crippen molar-refractivity contribution in [1.29, 1.82) is 0 Å². The molecule has 111 valence electrons. The van der Waals surface area contributed by atoms with Gasteiger partial charge >= 0.3 is 0 Å². The highest BCUT2D eigenvalue weighted by atomic mass is 79.9. The summed E-state index contributed by atoms with van der Waals surface area (Å²) >= 11 is 5.01. The molecule has 0 amide bonds. The fourth-order valence-corrected chi connectivity index (χ4v) is 3.88. The van der Waals surface area contributed by atoms with Crippen molar-refractivity contribution < 1.29 is 5.11 Å². The Morgan fingerprint density at radius 2 is 1.74 bits per heavy atom. The molecule has 0 aliphatic rings. The van der Waals surface area contributed by atoms with E-state index in [2.05, 4.69) is 39.5 Å². The zero-order valence-corrected chi connectivity index (χ0v) is 14.4. The Labute approximate surface area is 146 Å². The summed E-state index contributed by atoms with van der Waals surface area (Å²) in [6, 6.07) is 19.7. The maximum Gasteiger partial charge on any atom is 0.193 e. The second kappa shape index (κ2) is 5.80. The predicted octanol–water partition coefficient (Wildman–Crippen LogP) is 6.54. The maximum absolute atomic E-state index is 11.7. The lowest BCUT2D eigenvalue weighted by atomic mass is 10.1. The standard InChI is InChI=1S/C19H11BrNOS/c20-18-15-8-6-14(10-13(15)7-9-17(18)22)16-11-23-19(21-16)12-4-2-1-3-5-12/h1-11H. The molecular formula is C19H11BrNOS. The van der Waals surface area contributed by atoms with Gasteiger partial charge in [-0.1, -0.05) is 48.5 Å². The maximum atomic E-state index is 11.7. The molecule has 0 unspecified atom stereocenters. The average molecular weight is 381 g/mol. The van der Waals surface area contributed by atoms with Gasteiger partial charge in [-0.2, -0.15) is 0 Å². The highest BCUT2D eigenvalue weighted by Gasteiger charge is 2.10. The summed E-state index contributed by atoms with van der Waals surface area (Å²) in [5.41, 5.74) is 3.14. The molecule has 1 radical (unpaired) electrons. The number of thiazole rings is 1. The van der Waals surface area contributed by atoms with E-state index in [1.54, 1.807) is 17.4 Å². The summed E-state index contributed by atoms with van der Waals surface area (Å²) in [5, 5.41) is 16.7. The molecule has 0 fully saturated rings. The second-order valence-electron chi connectivity index (χ2n) is 5.22. The van der Waals surface area contributed by atoms with E-state index >= 15 is 0 Å². The molecule has 0 aliphatic carbocycles. The highest BCUT2D eigenvalue weighted by molar-refractivity contribution is 9.10. The Balaban J connectivity index is 1.78. The van der Waals surface area contributed by atoms with Crippen LogP contribution < -0.4 is 0 Å². The van der Waals surface area contributed by atoms with Crippen molar-refractivity contribution in [2.24, 2.45) is 0 Å². The normalized spacial score (nSPS) is 11.0. The smallest absolute Gasteiger partial charge is 0.193 e. The number of aromatic nitrogens is 1. The summed E-state index contributed by atoms with van der Waals surface area (Å²) in [5.74, 6) is 0.00488. The fraction of sp³-hybridized carbons (Fsp3) is 0. The van der Waals surface area contributed by atoms with Gasteiger partial charge in [0.2, 0.25) is 0 Å². The molecule has 4 rings (SSSR count). The molecule has 0 bridgehead atoms. The van der Waals surface area contributed by atoms with E-state index in [1.807, 2.05) is 36.4 Å². The SMILES string of the molecule is [O]c1ccc2cc(-c3csc(-c4ccccc4)n3)ccc2c1Br. The van der Waals surface area contributed by atoms with Crippen molar-refractivity contribution in [3.63, 3.8) is 0 Å². The summed E-state index contributed by atoms with van der Waals surface area (Å²) < 4.78 is 0.616. The van der Waals surface area contributed by atoms with Gasteiger partial charge in [0.15, 0.2) is 5.75 Å². The molecule has 0 N–H and O–H groups in total. The molecule has 0 saturated carbocycles. The zero-order chi connectivity index (χ0) is 15.8. The van der Waals surface area contributed by atoms with Crippen molar-refractivity contribution in [2.75, 3.05) is 0 Å². The summed E-state index contributed by atoms with van der Waals surface area (Å²) in [7, 11) is 0. The van der Waals surface area contributed by atoms with Crippen LogP contribution in [0.3, 0.4) is 0 Å². The quantitative estimate of drug-likeness (QED) is 0.388. The van der Waals surface area contributed by atoms with E-state index in [-0.39, 0.29) is 5.75 Å². The lowest BCUT2D eigenvalue weighted by Gasteiger charge is -2.04. The average Bonchev–Trinajstić information content (AvgIpc) is 3.09. The Hall–Kier alpha value is -2.17. The van der Waals surface area contributed by atoms with Gasteiger partial charge in [0, 0.05) is 16.5 Å². The third kappa shape index (κ3) is 2.64. The first-order valence-corrected chi connectivity index (χ1v) is 8.80. The lowest BCUT2D eigenvalue weighted by Crippen LogP contribution is -1.81. The molecule has 1 heterocycles. The number of halogens is 1. The minimum Gasteiger partial charge on any atom is -0.289 e. The first kappa shape index (κ1) is 14.4. The number of rotatable bonds is 2. The van der Waals surface area contributed by atoms with Crippen molar-refractivity contribution in [1.82, 2.24) is 4.98 Å². The number of benzene rings is 3. The van der Waals surface area contributed by atoms with Crippen LogP contribution in [0.2, 0.25) is 0 Å². The Morgan fingerprint density at radius 3 is 2.57 bits per heavy atom. The van der Waals surface area contributed by atoms with Crippen LogP contribution in [0, 0.1) is 0 Å². The first-order chi connectivity index (χ1) is 11.2. The summed E-state index contributed by atoms with van der Waals surface area (Å²) in [6.45, 7) is 0. The molecule has 0 aliphatic heterocycles. The summed E-state index contributed by atoms with van der Waals surface area (Å²) in [4.78, 5) is 4.74. The minimum atomic E-state index is 0.00488. The Bertz CT molecular complexity index is 995. The van der Waals surface area contributed by atoms with Gasteiger partial charge in [-0.25, -0.2) is 4.98 Å². The zero-order valence-electron chi connectivity index (χ0n) is 12.0. The molecule has 0 saturated heterocycles. The molecule has 23 heavy (non-hydrogen) atoms. The number of hydrogen-bond acceptors (Lipinski definition) is 2. The van der Waals surface area contributed by atoms with Crippen LogP contribution in [-0.2, 0) is 5.11 Å². The molecule has 0 spiro atoms. The van der Waals surface area contributed by atoms with Gasteiger partial charge in [0.05, 0.1) is 10.2 Å². The number of fused-ring (bicyclic) bond motifs is 1. The monoisotopic (exact) mass is 380 g/mol. The van der Waals surface area contributed by atoms with Gasteiger partial charge in [0.25, 0.3) is 0 Å². The van der Waals surface area contributed by atoms with Crippen LogP contribution in [-0.4, -0.2) is 4.98 Å². The van der Waals surface area contributed by atoms with Crippen molar-refractivity contribution in [2.45, 2.75) is 0 Å². The number of hydrogen-bond donors (Lipinski definition) is 0. The molecule has 4 aromatic rings. The van der Waals surface area contributed by atoms with Crippen LogP contribution in [0.4, 0.5) is 0 Å².